The van der Waals surface area contributed by atoms with E-state index in [0.717, 1.165) is 12.1 Å². The maximum absolute atomic E-state index is 13.1. The molecule has 0 aliphatic rings. The molecular formula is C20H21F3N2O4. The molecule has 9 heteroatoms. The molecule has 0 aliphatic heterocycles. The molecule has 2 rings (SSSR count). The second-order valence-electron chi connectivity index (χ2n) is 6.42. The molecule has 0 aromatic heterocycles. The highest BCUT2D eigenvalue weighted by Gasteiger charge is 2.34. The molecule has 0 radical (unpaired) electrons. The van der Waals surface area contributed by atoms with Crippen molar-refractivity contribution < 1.29 is 32.6 Å². The van der Waals surface area contributed by atoms with E-state index < -0.39 is 30.3 Å². The fourth-order valence-electron chi connectivity index (χ4n) is 2.45. The lowest BCUT2D eigenvalue weighted by atomic mass is 10.0. The standard InChI is InChI=1S/C20H21F3N2O4/c1-25(2)18(27)12-29-14-7-5-6-13(10-14)19(28)24-11-17(26)15-8-3-4-9-16(15)20(21,22)23/h3-10,17,26H,11-12H2,1-2H3,(H,24,28). The van der Waals surface area contributed by atoms with Gasteiger partial charge in [-0.1, -0.05) is 24.3 Å². The summed E-state index contributed by atoms with van der Waals surface area (Å²) in [7, 11) is 3.16. The highest BCUT2D eigenvalue weighted by Crippen LogP contribution is 2.34. The van der Waals surface area contributed by atoms with Gasteiger partial charge in [-0.05, 0) is 29.8 Å². The van der Waals surface area contributed by atoms with Crippen molar-refractivity contribution in [3.63, 3.8) is 0 Å². The number of alkyl halides is 3. The van der Waals surface area contributed by atoms with E-state index in [2.05, 4.69) is 5.32 Å². The summed E-state index contributed by atoms with van der Waals surface area (Å²) in [6.07, 6.45) is -6.15. The van der Waals surface area contributed by atoms with Gasteiger partial charge in [-0.2, -0.15) is 13.2 Å². The number of carbonyl (C=O) groups excluding carboxylic acids is 2. The van der Waals surface area contributed by atoms with E-state index >= 15 is 0 Å². The first-order valence-corrected chi connectivity index (χ1v) is 8.65. The minimum atomic E-state index is -4.61. The maximum atomic E-state index is 13.1. The Labute approximate surface area is 165 Å². The molecule has 2 N–H and O–H groups in total. The van der Waals surface area contributed by atoms with Crippen LogP contribution < -0.4 is 10.1 Å². The molecule has 6 nitrogen and oxygen atoms in total. The highest BCUT2D eigenvalue weighted by atomic mass is 19.4. The summed E-state index contributed by atoms with van der Waals surface area (Å²) in [5.74, 6) is -0.569. The number of halogens is 3. The average Bonchev–Trinajstić information content (AvgIpc) is 2.69. The van der Waals surface area contributed by atoms with Gasteiger partial charge in [0.15, 0.2) is 6.61 Å². The van der Waals surface area contributed by atoms with Crippen LogP contribution in [0, 0.1) is 0 Å². The molecule has 29 heavy (non-hydrogen) atoms. The molecule has 0 bridgehead atoms. The van der Waals surface area contributed by atoms with Crippen LogP contribution in [0.2, 0.25) is 0 Å². The Hall–Kier alpha value is -3.07. The number of hydrogen-bond donors (Lipinski definition) is 2. The summed E-state index contributed by atoms with van der Waals surface area (Å²) in [6, 6.07) is 10.6. The number of benzene rings is 2. The van der Waals surface area contributed by atoms with Crippen molar-refractivity contribution in [2.45, 2.75) is 12.3 Å². The van der Waals surface area contributed by atoms with Crippen LogP contribution in [0.3, 0.4) is 0 Å². The second kappa shape index (κ2) is 9.42. The summed E-state index contributed by atoms with van der Waals surface area (Å²) in [4.78, 5) is 25.2. The van der Waals surface area contributed by atoms with Crippen molar-refractivity contribution >= 4 is 11.8 Å². The molecule has 0 heterocycles. The zero-order valence-corrected chi connectivity index (χ0v) is 15.9. The van der Waals surface area contributed by atoms with Crippen LogP contribution in [0.4, 0.5) is 13.2 Å². The highest BCUT2D eigenvalue weighted by molar-refractivity contribution is 5.94. The maximum Gasteiger partial charge on any atom is 0.416 e. The van der Waals surface area contributed by atoms with Crippen molar-refractivity contribution in [3.8, 4) is 5.75 Å². The van der Waals surface area contributed by atoms with Gasteiger partial charge >= 0.3 is 6.18 Å². The quantitative estimate of drug-likeness (QED) is 0.736. The van der Waals surface area contributed by atoms with Gasteiger partial charge in [-0.3, -0.25) is 9.59 Å². The number of carbonyl (C=O) groups is 2. The molecule has 0 aliphatic carbocycles. The molecular weight excluding hydrogens is 389 g/mol. The zero-order valence-electron chi connectivity index (χ0n) is 15.9. The van der Waals surface area contributed by atoms with E-state index in [4.69, 9.17) is 4.74 Å². The Bertz CT molecular complexity index is 869. The molecule has 2 aromatic carbocycles. The van der Waals surface area contributed by atoms with Crippen LogP contribution in [-0.4, -0.2) is 49.1 Å². The number of rotatable bonds is 7. The first kappa shape index (κ1) is 22.2. The fraction of sp³-hybridized carbons (Fsp3) is 0.300. The van der Waals surface area contributed by atoms with Crippen molar-refractivity contribution in [3.05, 3.63) is 65.2 Å². The van der Waals surface area contributed by atoms with E-state index in [0.29, 0.717) is 0 Å². The monoisotopic (exact) mass is 410 g/mol. The Morgan fingerprint density at radius 3 is 2.48 bits per heavy atom. The van der Waals surface area contributed by atoms with Crippen molar-refractivity contribution in [2.24, 2.45) is 0 Å². The number of nitrogens with one attached hydrogen (secondary N) is 1. The number of aliphatic hydroxyl groups excluding tert-OH is 1. The predicted molar refractivity (Wildman–Crippen MR) is 99.4 cm³/mol. The van der Waals surface area contributed by atoms with Crippen molar-refractivity contribution in [1.82, 2.24) is 10.2 Å². The van der Waals surface area contributed by atoms with Gasteiger partial charge in [0, 0.05) is 26.2 Å². The number of hydrogen-bond acceptors (Lipinski definition) is 4. The van der Waals surface area contributed by atoms with Gasteiger partial charge < -0.3 is 20.1 Å². The number of nitrogens with zero attached hydrogens (tertiary/aromatic N) is 1. The van der Waals surface area contributed by atoms with Gasteiger partial charge in [0.1, 0.15) is 5.75 Å². The molecule has 156 valence electrons. The largest absolute Gasteiger partial charge is 0.484 e. The Morgan fingerprint density at radius 2 is 1.83 bits per heavy atom. The summed E-state index contributed by atoms with van der Waals surface area (Å²) in [6.45, 7) is -0.610. The number of likely N-dealkylation sites (N-methyl/N-ethyl adjacent to an activating group) is 1. The number of amides is 2. The topological polar surface area (TPSA) is 78.9 Å². The van der Waals surface area contributed by atoms with E-state index in [9.17, 15) is 27.9 Å². The number of aliphatic hydroxyl groups is 1. The third-order valence-electron chi connectivity index (χ3n) is 4.04. The minimum absolute atomic E-state index is 0.177. The second-order valence-corrected chi connectivity index (χ2v) is 6.42. The predicted octanol–water partition coefficient (Wildman–Crippen LogP) is 2.64. The molecule has 1 unspecified atom stereocenters. The molecule has 2 amide bonds. The lowest BCUT2D eigenvalue weighted by molar-refractivity contribution is -0.139. The normalized spacial score (nSPS) is 12.2. The molecule has 1 atom stereocenters. The van der Waals surface area contributed by atoms with E-state index in [-0.39, 0.29) is 29.4 Å². The molecule has 0 saturated carbocycles. The Morgan fingerprint density at radius 1 is 1.14 bits per heavy atom. The van der Waals surface area contributed by atoms with Gasteiger partial charge in [-0.15, -0.1) is 0 Å². The smallest absolute Gasteiger partial charge is 0.416 e. The van der Waals surface area contributed by atoms with Gasteiger partial charge in [-0.25, -0.2) is 0 Å². The molecule has 0 saturated heterocycles. The van der Waals surface area contributed by atoms with Gasteiger partial charge in [0.2, 0.25) is 0 Å². The molecule has 2 aromatic rings. The molecule has 0 fully saturated rings. The summed E-state index contributed by atoms with van der Waals surface area (Å²) >= 11 is 0. The Balaban J connectivity index is 2.01. The minimum Gasteiger partial charge on any atom is -0.484 e. The van der Waals surface area contributed by atoms with Crippen LogP contribution in [0.15, 0.2) is 48.5 Å². The summed E-state index contributed by atoms with van der Waals surface area (Å²) in [5.41, 5.74) is -1.10. The third kappa shape index (κ3) is 6.21. The fourth-order valence-corrected chi connectivity index (χ4v) is 2.45. The summed E-state index contributed by atoms with van der Waals surface area (Å²) < 4.78 is 44.5. The molecule has 0 spiro atoms. The van der Waals surface area contributed by atoms with Crippen molar-refractivity contribution in [1.29, 1.82) is 0 Å². The van der Waals surface area contributed by atoms with Crippen molar-refractivity contribution in [2.75, 3.05) is 27.2 Å². The summed E-state index contributed by atoms with van der Waals surface area (Å²) in [5, 5.41) is 12.5. The lowest BCUT2D eigenvalue weighted by Crippen LogP contribution is -2.29. The van der Waals surface area contributed by atoms with Crippen LogP contribution in [0.5, 0.6) is 5.75 Å². The third-order valence-corrected chi connectivity index (χ3v) is 4.04. The van der Waals surface area contributed by atoms with Crippen LogP contribution in [0.25, 0.3) is 0 Å². The first-order valence-electron chi connectivity index (χ1n) is 8.65. The zero-order chi connectivity index (χ0) is 21.6. The van der Waals surface area contributed by atoms with E-state index in [1.165, 1.54) is 29.2 Å². The van der Waals surface area contributed by atoms with Gasteiger partial charge in [0.05, 0.1) is 11.7 Å². The van der Waals surface area contributed by atoms with Crippen LogP contribution in [-0.2, 0) is 11.0 Å². The van der Waals surface area contributed by atoms with Crippen LogP contribution >= 0.6 is 0 Å². The van der Waals surface area contributed by atoms with Gasteiger partial charge in [0.25, 0.3) is 11.8 Å². The number of ether oxygens (including phenoxy) is 1. The lowest BCUT2D eigenvalue weighted by Gasteiger charge is -2.18. The van der Waals surface area contributed by atoms with Crippen LogP contribution in [0.1, 0.15) is 27.6 Å². The SMILES string of the molecule is CN(C)C(=O)COc1cccc(C(=O)NCC(O)c2ccccc2C(F)(F)F)c1. The average molecular weight is 410 g/mol. The van der Waals surface area contributed by atoms with E-state index in [1.807, 2.05) is 0 Å². The van der Waals surface area contributed by atoms with E-state index in [1.54, 1.807) is 26.2 Å². The Kier molecular flexibility index (Phi) is 7.22. The first-order chi connectivity index (χ1) is 13.6.